The SMILES string of the molecule is [2H]c1c([2H])c([2H])c2c(c1[2H])c1c([2H])c(-c3ccc4c(c3)c3c(-c5ccccc5)cccc3n4-c3ccccc3-c3ccccc3)c([2H])c([2H])c1n2-c1ccc(-c2ccc3ccccc3c2)cc1. The van der Waals surface area contributed by atoms with E-state index in [9.17, 15) is 6.85 Å². The van der Waals surface area contributed by atoms with Gasteiger partial charge in [-0.1, -0.05) is 170 Å². The highest BCUT2D eigenvalue weighted by Gasteiger charge is 2.20. The van der Waals surface area contributed by atoms with Crippen molar-refractivity contribution >= 4 is 54.4 Å². The van der Waals surface area contributed by atoms with Gasteiger partial charge in [0.1, 0.15) is 0 Å². The average molecular weight is 770 g/mol. The molecule has 0 saturated heterocycles. The molecule has 0 bridgehead atoms. The molecule has 2 heterocycles. The zero-order valence-electron chi connectivity index (χ0n) is 39.3. The van der Waals surface area contributed by atoms with Crippen LogP contribution in [0.15, 0.2) is 230 Å². The van der Waals surface area contributed by atoms with Gasteiger partial charge in [0.25, 0.3) is 0 Å². The lowest BCUT2D eigenvalue weighted by molar-refractivity contribution is 1.18. The highest BCUT2D eigenvalue weighted by Crippen LogP contribution is 2.43. The fraction of sp³-hybridized carbons (Fsp3) is 0. The summed E-state index contributed by atoms with van der Waals surface area (Å²) in [7, 11) is 0. The van der Waals surface area contributed by atoms with Crippen LogP contribution in [0.2, 0.25) is 0 Å². The number of benzene rings is 10. The summed E-state index contributed by atoms with van der Waals surface area (Å²) in [6.45, 7) is 0. The van der Waals surface area contributed by atoms with Crippen LogP contribution in [0.5, 0.6) is 0 Å². The molecule has 2 heteroatoms. The number of aromatic nitrogens is 2. The first-order chi connectivity index (χ1) is 32.7. The Morgan fingerprint density at radius 1 is 0.333 bits per heavy atom. The zero-order valence-corrected chi connectivity index (χ0v) is 32.3. The molecule has 0 aliphatic heterocycles. The summed E-state index contributed by atoms with van der Waals surface area (Å²) >= 11 is 0. The molecule has 0 fully saturated rings. The van der Waals surface area contributed by atoms with E-state index in [1.807, 2.05) is 103 Å². The molecule has 2 aromatic heterocycles. The molecular weight excluding hydrogens is 725 g/mol. The number of fused-ring (bicyclic) bond motifs is 7. The molecule has 10 aromatic carbocycles. The molecule has 0 atom stereocenters. The summed E-state index contributed by atoms with van der Waals surface area (Å²) < 4.78 is 69.4. The molecule has 60 heavy (non-hydrogen) atoms. The third-order valence-electron chi connectivity index (χ3n) is 11.8. The Labute approximate surface area is 358 Å². The first kappa shape index (κ1) is 27.7. The van der Waals surface area contributed by atoms with Gasteiger partial charge in [0.15, 0.2) is 0 Å². The molecule has 12 rings (SSSR count). The highest BCUT2D eigenvalue weighted by molar-refractivity contribution is 6.17. The Balaban J connectivity index is 1.12. The highest BCUT2D eigenvalue weighted by atomic mass is 15.0. The van der Waals surface area contributed by atoms with E-state index in [-0.39, 0.29) is 57.6 Å². The van der Waals surface area contributed by atoms with Crippen LogP contribution in [0.3, 0.4) is 0 Å². The summed E-state index contributed by atoms with van der Waals surface area (Å²) in [5.74, 6) is 0. The Morgan fingerprint density at radius 2 is 0.983 bits per heavy atom. The monoisotopic (exact) mass is 769 g/mol. The molecule has 0 spiro atoms. The lowest BCUT2D eigenvalue weighted by Gasteiger charge is -2.14. The fourth-order valence-electron chi connectivity index (χ4n) is 8.96. The van der Waals surface area contributed by atoms with Crippen molar-refractivity contribution in [3.05, 3.63) is 230 Å². The van der Waals surface area contributed by atoms with Gasteiger partial charge in [-0.05, 0) is 110 Å². The van der Waals surface area contributed by atoms with E-state index in [0.29, 0.717) is 11.3 Å². The van der Waals surface area contributed by atoms with Gasteiger partial charge in [0.05, 0.1) is 37.3 Å². The van der Waals surface area contributed by atoms with Crippen LogP contribution < -0.4 is 0 Å². The normalized spacial score (nSPS) is 13.3. The van der Waals surface area contributed by atoms with E-state index in [4.69, 9.17) is 2.74 Å². The summed E-state index contributed by atoms with van der Waals surface area (Å²) in [5, 5.41) is 4.47. The second-order valence-corrected chi connectivity index (χ2v) is 15.2. The van der Waals surface area contributed by atoms with Gasteiger partial charge in [-0.2, -0.15) is 0 Å². The smallest absolute Gasteiger partial charge is 0.0645 e. The zero-order chi connectivity index (χ0) is 45.7. The minimum absolute atomic E-state index is 0.0849. The van der Waals surface area contributed by atoms with Crippen molar-refractivity contribution in [1.29, 1.82) is 0 Å². The molecule has 280 valence electrons. The Hall–Kier alpha value is -7.94. The van der Waals surface area contributed by atoms with E-state index in [1.165, 1.54) is 0 Å². The maximum atomic E-state index is 10.0. The van der Waals surface area contributed by atoms with Crippen molar-refractivity contribution in [1.82, 2.24) is 9.13 Å². The standard InChI is InChI=1S/C58H38N2/c1-3-15-41(16-4-1)48-20-9-11-23-53(48)60-56-35-31-46(38-52(56)58-49(22-13-25-57(58)60)42-17-5-2-6-18-42)45-30-34-55-51(37-45)50-21-10-12-24-54(50)59(55)47-32-28-40(29-33-47)44-27-26-39-14-7-8-19-43(39)36-44/h1-38H/i10D,12D,21D,24D,30D,34D,37D. The third-order valence-corrected chi connectivity index (χ3v) is 11.8. The lowest BCUT2D eigenvalue weighted by atomic mass is 9.97. The predicted molar refractivity (Wildman–Crippen MR) is 254 cm³/mol. The number of para-hydroxylation sites is 2. The van der Waals surface area contributed by atoms with Crippen molar-refractivity contribution in [3.8, 4) is 55.9 Å². The van der Waals surface area contributed by atoms with Crippen LogP contribution in [0.4, 0.5) is 0 Å². The van der Waals surface area contributed by atoms with Gasteiger partial charge < -0.3 is 9.13 Å². The van der Waals surface area contributed by atoms with Gasteiger partial charge in [-0.25, -0.2) is 0 Å². The first-order valence-corrected chi connectivity index (χ1v) is 20.1. The second kappa shape index (κ2) is 13.9. The molecule has 0 radical (unpaired) electrons. The average Bonchev–Trinajstić information content (AvgIpc) is 3.91. The van der Waals surface area contributed by atoms with Gasteiger partial charge >= 0.3 is 0 Å². The van der Waals surface area contributed by atoms with E-state index in [1.54, 1.807) is 4.57 Å². The van der Waals surface area contributed by atoms with Crippen molar-refractivity contribution in [2.24, 2.45) is 0 Å². The summed E-state index contributed by atoms with van der Waals surface area (Å²) in [6, 6.07) is 61.4. The van der Waals surface area contributed by atoms with Gasteiger partial charge in [0.2, 0.25) is 0 Å². The summed E-state index contributed by atoms with van der Waals surface area (Å²) in [6.07, 6.45) is 0. The molecule has 0 amide bonds. The predicted octanol–water partition coefficient (Wildman–Crippen LogP) is 15.7. The molecule has 2 nitrogen and oxygen atoms in total. The number of hydrogen-bond acceptors (Lipinski definition) is 0. The minimum Gasteiger partial charge on any atom is -0.309 e. The maximum Gasteiger partial charge on any atom is 0.0645 e. The van der Waals surface area contributed by atoms with Crippen LogP contribution in [0.25, 0.3) is 110 Å². The molecule has 0 aliphatic rings. The first-order valence-electron chi connectivity index (χ1n) is 23.6. The van der Waals surface area contributed by atoms with Gasteiger partial charge in [-0.15, -0.1) is 0 Å². The van der Waals surface area contributed by atoms with Crippen LogP contribution in [-0.2, 0) is 0 Å². The van der Waals surface area contributed by atoms with E-state index in [2.05, 4.69) is 89.5 Å². The van der Waals surface area contributed by atoms with E-state index >= 15 is 0 Å². The Kier molecular flexibility index (Phi) is 6.39. The third kappa shape index (κ3) is 5.50. The largest absolute Gasteiger partial charge is 0.309 e. The Bertz CT molecular complexity index is 3990. The van der Waals surface area contributed by atoms with Crippen molar-refractivity contribution in [2.45, 2.75) is 0 Å². The van der Waals surface area contributed by atoms with E-state index in [0.717, 1.165) is 71.6 Å². The topological polar surface area (TPSA) is 9.86 Å². The Morgan fingerprint density at radius 3 is 1.82 bits per heavy atom. The van der Waals surface area contributed by atoms with Crippen molar-refractivity contribution in [3.63, 3.8) is 0 Å². The maximum absolute atomic E-state index is 10.0. The van der Waals surface area contributed by atoms with Crippen LogP contribution in [-0.4, -0.2) is 9.13 Å². The van der Waals surface area contributed by atoms with Gasteiger partial charge in [0, 0.05) is 32.8 Å². The lowest BCUT2D eigenvalue weighted by Crippen LogP contribution is -1.97. The van der Waals surface area contributed by atoms with Gasteiger partial charge in [-0.3, -0.25) is 0 Å². The number of rotatable bonds is 6. The molecule has 0 N–H and O–H groups in total. The quantitative estimate of drug-likeness (QED) is 0.159. The molecule has 0 unspecified atom stereocenters. The molecule has 0 saturated carbocycles. The van der Waals surface area contributed by atoms with Crippen molar-refractivity contribution in [2.75, 3.05) is 0 Å². The number of hydrogen-bond donors (Lipinski definition) is 0. The van der Waals surface area contributed by atoms with Crippen LogP contribution in [0.1, 0.15) is 9.60 Å². The molecule has 0 aliphatic carbocycles. The summed E-state index contributed by atoms with van der Waals surface area (Å²) in [4.78, 5) is 0. The second-order valence-electron chi connectivity index (χ2n) is 15.2. The fourth-order valence-corrected chi connectivity index (χ4v) is 8.96. The van der Waals surface area contributed by atoms with Crippen LogP contribution >= 0.6 is 0 Å². The van der Waals surface area contributed by atoms with Crippen LogP contribution in [0, 0.1) is 0 Å². The summed E-state index contributed by atoms with van der Waals surface area (Å²) in [5.41, 5.74) is 10.7. The molecular formula is C58H38N2. The van der Waals surface area contributed by atoms with E-state index < -0.39 is 12.1 Å². The minimum atomic E-state index is -0.427. The number of nitrogens with zero attached hydrogens (tertiary/aromatic N) is 2. The molecule has 12 aromatic rings. The van der Waals surface area contributed by atoms with Crippen molar-refractivity contribution < 1.29 is 9.60 Å².